The van der Waals surface area contributed by atoms with Gasteiger partial charge in [-0.1, -0.05) is 0 Å². The van der Waals surface area contributed by atoms with Gasteiger partial charge >= 0.3 is 0 Å². The van der Waals surface area contributed by atoms with Crippen molar-refractivity contribution >= 4 is 39.4 Å². The van der Waals surface area contributed by atoms with Crippen LogP contribution < -0.4 is 18.6 Å². The van der Waals surface area contributed by atoms with Gasteiger partial charge in [0.05, 0.1) is 0 Å². The molecule has 48 valence electrons. The van der Waals surface area contributed by atoms with Crippen LogP contribution >= 0.6 is 0 Å². The van der Waals surface area contributed by atoms with E-state index in [1.54, 1.807) is 0 Å². The fourth-order valence-electron chi connectivity index (χ4n) is 0.604. The molecule has 0 bridgehead atoms. The zero-order valence-electron chi connectivity index (χ0n) is 4.83. The minimum absolute atomic E-state index is 0.0278. The second kappa shape index (κ2) is 4.57. The molecule has 1 heterocycles. The molecule has 4 N–H and O–H groups in total. The Labute approximate surface area is 58.5 Å². The summed E-state index contributed by atoms with van der Waals surface area (Å²) in [7, 11) is -0.111. The summed E-state index contributed by atoms with van der Waals surface area (Å²) in [6.07, 6.45) is 0. The molecule has 0 aromatic rings. The molecule has 0 atom stereocenters. The zero-order chi connectivity index (χ0) is 5.66. The Morgan fingerprint density at radius 2 is 0.750 bits per heavy atom. The normalized spacial score (nSPS) is 36.0. The van der Waals surface area contributed by atoms with Crippen LogP contribution in [0.25, 0.3) is 0 Å². The number of hydrogen-bond acceptors (Lipinski definition) is 4. The molecule has 0 radical (unpaired) electrons. The maximum atomic E-state index is 3.47. The van der Waals surface area contributed by atoms with Crippen LogP contribution in [0.5, 0.6) is 0 Å². The van der Waals surface area contributed by atoms with Gasteiger partial charge in [0.15, 0.2) is 39.4 Å². The Morgan fingerprint density at radius 3 is 1.00 bits per heavy atom. The van der Waals surface area contributed by atoms with Gasteiger partial charge in [0.1, 0.15) is 0 Å². The first-order valence-corrected chi connectivity index (χ1v) is 8.49. The standard InChI is InChI=1S/H12N4Si4/c1-5-2-7-4-8-3-6-1/h1-4H,5-8H2. The Balaban J connectivity index is 2.00. The monoisotopic (exact) mass is 180 g/mol. The summed E-state index contributed by atoms with van der Waals surface area (Å²) >= 11 is 0. The van der Waals surface area contributed by atoms with Crippen molar-refractivity contribution in [2.75, 3.05) is 0 Å². The van der Waals surface area contributed by atoms with Crippen molar-refractivity contribution in [2.24, 2.45) is 0 Å². The molecular weight excluding hydrogens is 168 g/mol. The summed E-state index contributed by atoms with van der Waals surface area (Å²) in [6, 6.07) is 0. The highest BCUT2D eigenvalue weighted by Gasteiger charge is 1.93. The van der Waals surface area contributed by atoms with Crippen LogP contribution in [0.1, 0.15) is 0 Å². The summed E-state index contributed by atoms with van der Waals surface area (Å²) in [4.78, 5) is 0. The topological polar surface area (TPSA) is 48.1 Å². The Hall–Kier alpha value is 0.708. The van der Waals surface area contributed by atoms with Gasteiger partial charge in [0, 0.05) is 0 Å². The van der Waals surface area contributed by atoms with Crippen LogP contribution in [0, 0.1) is 0 Å². The number of nitrogens with one attached hydrogen (secondary N) is 4. The minimum atomic E-state index is -0.0278. The van der Waals surface area contributed by atoms with Crippen molar-refractivity contribution in [3.63, 3.8) is 0 Å². The van der Waals surface area contributed by atoms with Crippen LogP contribution in [-0.4, -0.2) is 39.4 Å². The summed E-state index contributed by atoms with van der Waals surface area (Å²) in [5, 5.41) is 0. The largest absolute Gasteiger partial charge is 0.346 e. The van der Waals surface area contributed by atoms with Crippen molar-refractivity contribution in [3.8, 4) is 0 Å². The van der Waals surface area contributed by atoms with E-state index < -0.39 is 0 Å². The first kappa shape index (κ1) is 6.82. The van der Waals surface area contributed by atoms with Gasteiger partial charge in [0.2, 0.25) is 0 Å². The van der Waals surface area contributed by atoms with E-state index in [1.807, 2.05) is 0 Å². The molecule has 0 aromatic carbocycles. The molecule has 1 aliphatic rings. The second-order valence-corrected chi connectivity index (χ2v) is 11.1. The van der Waals surface area contributed by atoms with Crippen LogP contribution in [-0.2, 0) is 0 Å². The maximum Gasteiger partial charge on any atom is 0.155 e. The highest BCUT2D eigenvalue weighted by atomic mass is 28.4. The van der Waals surface area contributed by atoms with E-state index in [9.17, 15) is 0 Å². The average Bonchev–Trinajstić information content (AvgIpc) is 1.62. The third-order valence-electron chi connectivity index (χ3n) is 1.000. The molecule has 1 saturated heterocycles. The molecule has 8 heteroatoms. The predicted molar refractivity (Wildman–Crippen MR) is 46.7 cm³/mol. The van der Waals surface area contributed by atoms with Crippen molar-refractivity contribution in [1.29, 1.82) is 0 Å². The van der Waals surface area contributed by atoms with Crippen molar-refractivity contribution in [2.45, 2.75) is 0 Å². The molecule has 8 heavy (non-hydrogen) atoms. The highest BCUT2D eigenvalue weighted by molar-refractivity contribution is 6.65. The van der Waals surface area contributed by atoms with Gasteiger partial charge in [0.25, 0.3) is 0 Å². The first-order valence-electron chi connectivity index (χ1n) is 2.83. The fraction of sp³-hybridized carbons (Fsp3) is 0. The molecule has 4 nitrogen and oxygen atoms in total. The molecule has 1 aliphatic heterocycles. The third-order valence-corrected chi connectivity index (χ3v) is 9.00. The molecule has 0 aliphatic carbocycles. The summed E-state index contributed by atoms with van der Waals surface area (Å²) in [6.45, 7) is 0. The smallest absolute Gasteiger partial charge is 0.155 e. The Bertz CT molecular complexity index is 32.0. The minimum Gasteiger partial charge on any atom is -0.346 e. The molecule has 0 saturated carbocycles. The summed E-state index contributed by atoms with van der Waals surface area (Å²) in [5.41, 5.74) is 0. The molecule has 0 spiro atoms. The van der Waals surface area contributed by atoms with Gasteiger partial charge in [-0.05, 0) is 0 Å². The molecule has 0 unspecified atom stereocenters. The van der Waals surface area contributed by atoms with E-state index >= 15 is 0 Å². The number of rotatable bonds is 0. The highest BCUT2D eigenvalue weighted by Crippen LogP contribution is 1.47. The quantitative estimate of drug-likeness (QED) is 0.281. The van der Waals surface area contributed by atoms with E-state index in [0.717, 1.165) is 0 Å². The molecule has 0 amide bonds. The van der Waals surface area contributed by atoms with E-state index in [4.69, 9.17) is 0 Å². The van der Waals surface area contributed by atoms with Crippen molar-refractivity contribution in [1.82, 2.24) is 18.6 Å². The van der Waals surface area contributed by atoms with Crippen LogP contribution in [0.4, 0.5) is 0 Å². The van der Waals surface area contributed by atoms with E-state index in [0.29, 0.717) is 0 Å². The Morgan fingerprint density at radius 1 is 0.500 bits per heavy atom. The third kappa shape index (κ3) is 2.88. The second-order valence-electron chi connectivity index (χ2n) is 1.71. The lowest BCUT2D eigenvalue weighted by atomic mass is 13.7. The zero-order valence-corrected chi connectivity index (χ0v) is 10.5. The van der Waals surface area contributed by atoms with Gasteiger partial charge in [-0.25, -0.2) is 0 Å². The van der Waals surface area contributed by atoms with Gasteiger partial charge < -0.3 is 18.6 Å². The predicted octanol–water partition coefficient (Wildman–Crippen LogP) is -5.65. The molecule has 0 aromatic heterocycles. The average molecular weight is 180 g/mol. The maximum absolute atomic E-state index is 3.47. The van der Waals surface area contributed by atoms with Crippen molar-refractivity contribution < 1.29 is 0 Å². The van der Waals surface area contributed by atoms with E-state index in [-0.39, 0.29) is 39.4 Å². The van der Waals surface area contributed by atoms with Gasteiger partial charge in [-0.15, -0.1) is 0 Å². The lowest BCUT2D eigenvalue weighted by Gasteiger charge is -2.11. The first-order chi connectivity index (χ1) is 4.00. The van der Waals surface area contributed by atoms with E-state index in [2.05, 4.69) is 18.6 Å². The summed E-state index contributed by atoms with van der Waals surface area (Å²) in [5.74, 6) is 0. The van der Waals surface area contributed by atoms with Crippen molar-refractivity contribution in [3.05, 3.63) is 0 Å². The Kier molecular flexibility index (Phi) is 3.90. The molecule has 1 rings (SSSR count). The van der Waals surface area contributed by atoms with Crippen LogP contribution in [0.3, 0.4) is 0 Å². The van der Waals surface area contributed by atoms with Crippen LogP contribution in [0.15, 0.2) is 0 Å². The SMILES string of the molecule is N1[SiH2]N[SiH2]N[SiH2]N[SiH2]1. The summed E-state index contributed by atoms with van der Waals surface area (Å²) < 4.78 is 13.9. The molecular formula is H12N4Si4. The molecule has 1 fully saturated rings. The van der Waals surface area contributed by atoms with Gasteiger partial charge in [-0.2, -0.15) is 0 Å². The van der Waals surface area contributed by atoms with E-state index in [1.165, 1.54) is 0 Å². The lowest BCUT2D eigenvalue weighted by Crippen LogP contribution is -2.55. The fourth-order valence-corrected chi connectivity index (χ4v) is 11.8. The van der Waals surface area contributed by atoms with Crippen LogP contribution in [0.2, 0.25) is 0 Å². The number of hydrogen-bond donors (Lipinski definition) is 4. The van der Waals surface area contributed by atoms with Gasteiger partial charge in [-0.3, -0.25) is 0 Å². The lowest BCUT2D eigenvalue weighted by molar-refractivity contribution is 1.28.